The predicted molar refractivity (Wildman–Crippen MR) is 116 cm³/mol. The average Bonchev–Trinajstić information content (AvgIpc) is 3.60. The first-order valence-corrected chi connectivity index (χ1v) is 11.9. The third-order valence-electron chi connectivity index (χ3n) is 7.46. The first kappa shape index (κ1) is 20.5. The van der Waals surface area contributed by atoms with Crippen molar-refractivity contribution in [2.75, 3.05) is 6.54 Å². The normalized spacial score (nSPS) is 24.9. The second-order valence-electron chi connectivity index (χ2n) is 9.57. The van der Waals surface area contributed by atoms with E-state index in [0.717, 1.165) is 37.1 Å². The fraction of sp³-hybridized carbons (Fsp3) is 0.625. The Balaban J connectivity index is 1.22. The van der Waals surface area contributed by atoms with Crippen LogP contribution in [-0.4, -0.2) is 45.9 Å². The first-order chi connectivity index (χ1) is 15.1. The van der Waals surface area contributed by atoms with Crippen molar-refractivity contribution >= 4 is 17.8 Å². The largest absolute Gasteiger partial charge is 0.344 e. The number of aryl methyl sites for hydroxylation is 1. The minimum atomic E-state index is -0.811. The van der Waals surface area contributed by atoms with Crippen LogP contribution in [0.2, 0.25) is 0 Å². The molecule has 7 nitrogen and oxygen atoms in total. The summed E-state index contributed by atoms with van der Waals surface area (Å²) in [6.45, 7) is 0.643. The molecule has 1 spiro atoms. The molecule has 5 rings (SSSR count). The third kappa shape index (κ3) is 3.95. The van der Waals surface area contributed by atoms with Gasteiger partial charge >= 0.3 is 6.03 Å². The van der Waals surface area contributed by atoms with E-state index in [4.69, 9.17) is 0 Å². The zero-order valence-corrected chi connectivity index (χ0v) is 18.1. The molecule has 1 heterocycles. The highest BCUT2D eigenvalue weighted by Crippen LogP contribution is 2.40. The molecule has 7 heteroatoms. The average molecular weight is 425 g/mol. The molecule has 0 radical (unpaired) electrons. The van der Waals surface area contributed by atoms with E-state index in [9.17, 15) is 14.4 Å². The van der Waals surface area contributed by atoms with E-state index in [1.165, 1.54) is 30.4 Å². The Hall–Kier alpha value is -2.41. The van der Waals surface area contributed by atoms with Gasteiger partial charge in [0.15, 0.2) is 0 Å². The fourth-order valence-corrected chi connectivity index (χ4v) is 5.70. The van der Waals surface area contributed by atoms with E-state index in [2.05, 4.69) is 39.9 Å². The van der Waals surface area contributed by atoms with Crippen molar-refractivity contribution < 1.29 is 14.4 Å². The highest BCUT2D eigenvalue weighted by atomic mass is 16.2. The minimum absolute atomic E-state index is 0.272. The number of amides is 4. The summed E-state index contributed by atoms with van der Waals surface area (Å²) in [5.41, 5.74) is 4.60. The van der Waals surface area contributed by atoms with Crippen molar-refractivity contribution in [3.63, 3.8) is 0 Å². The molecule has 1 saturated heterocycles. The third-order valence-corrected chi connectivity index (χ3v) is 7.46. The van der Waals surface area contributed by atoms with Crippen LogP contribution < -0.4 is 10.7 Å². The SMILES string of the molecule is O=C(CCN(C1CC1)C1CCCc2ccccc21)NN1C(=O)NC2(CCCCC2)C1=O. The van der Waals surface area contributed by atoms with Crippen molar-refractivity contribution in [1.29, 1.82) is 0 Å². The van der Waals surface area contributed by atoms with Crippen molar-refractivity contribution in [3.05, 3.63) is 35.4 Å². The predicted octanol–water partition coefficient (Wildman–Crippen LogP) is 3.20. The monoisotopic (exact) mass is 424 g/mol. The molecule has 1 aromatic rings. The van der Waals surface area contributed by atoms with Crippen LogP contribution in [0.5, 0.6) is 0 Å². The molecule has 4 amide bonds. The van der Waals surface area contributed by atoms with Gasteiger partial charge in [-0.25, -0.2) is 4.79 Å². The minimum Gasteiger partial charge on any atom is -0.322 e. The number of imide groups is 1. The Bertz CT molecular complexity index is 875. The van der Waals surface area contributed by atoms with Crippen LogP contribution in [0.15, 0.2) is 24.3 Å². The summed E-state index contributed by atoms with van der Waals surface area (Å²) >= 11 is 0. The van der Waals surface area contributed by atoms with E-state index < -0.39 is 11.6 Å². The summed E-state index contributed by atoms with van der Waals surface area (Å²) in [4.78, 5) is 40.5. The van der Waals surface area contributed by atoms with Crippen LogP contribution in [0.4, 0.5) is 4.79 Å². The van der Waals surface area contributed by atoms with Crippen LogP contribution in [0.3, 0.4) is 0 Å². The van der Waals surface area contributed by atoms with E-state index in [1.807, 2.05) is 0 Å². The van der Waals surface area contributed by atoms with E-state index in [-0.39, 0.29) is 18.2 Å². The number of carbonyl (C=O) groups excluding carboxylic acids is 3. The number of nitrogens with one attached hydrogen (secondary N) is 2. The fourth-order valence-electron chi connectivity index (χ4n) is 5.70. The molecule has 4 aliphatic rings. The Kier molecular flexibility index (Phi) is 5.46. The van der Waals surface area contributed by atoms with Gasteiger partial charge in [0.05, 0.1) is 0 Å². The molecule has 0 bridgehead atoms. The van der Waals surface area contributed by atoms with Crippen molar-refractivity contribution in [2.24, 2.45) is 0 Å². The van der Waals surface area contributed by atoms with Gasteiger partial charge < -0.3 is 5.32 Å². The number of hydrogen-bond acceptors (Lipinski definition) is 4. The van der Waals surface area contributed by atoms with Gasteiger partial charge in [-0.05, 0) is 56.1 Å². The quantitative estimate of drug-likeness (QED) is 0.687. The van der Waals surface area contributed by atoms with Crippen molar-refractivity contribution in [2.45, 2.75) is 88.3 Å². The molecule has 31 heavy (non-hydrogen) atoms. The van der Waals surface area contributed by atoms with Crippen molar-refractivity contribution in [1.82, 2.24) is 20.7 Å². The molecule has 1 atom stereocenters. The Labute approximate surface area is 183 Å². The Morgan fingerprint density at radius 1 is 1.10 bits per heavy atom. The highest BCUT2D eigenvalue weighted by Gasteiger charge is 2.52. The lowest BCUT2D eigenvalue weighted by molar-refractivity contribution is -0.140. The van der Waals surface area contributed by atoms with Crippen LogP contribution in [-0.2, 0) is 16.0 Å². The zero-order chi connectivity index (χ0) is 21.4. The number of rotatable bonds is 6. The molecule has 0 aromatic heterocycles. The molecule has 3 fully saturated rings. The lowest BCUT2D eigenvalue weighted by atomic mass is 9.82. The maximum absolute atomic E-state index is 12.9. The molecule has 3 aliphatic carbocycles. The first-order valence-electron chi connectivity index (χ1n) is 11.9. The van der Waals surface area contributed by atoms with Crippen LogP contribution in [0.25, 0.3) is 0 Å². The molecule has 166 valence electrons. The summed E-state index contributed by atoms with van der Waals surface area (Å²) in [7, 11) is 0. The van der Waals surface area contributed by atoms with Crippen molar-refractivity contribution in [3.8, 4) is 0 Å². The standard InChI is InChI=1S/C24H32N4O3/c29-21(26-28-22(30)24(25-23(28)31)14-4-1-5-15-24)13-16-27(18-11-12-18)20-10-6-8-17-7-2-3-9-19(17)20/h2-3,7,9,18,20H,1,4-6,8,10-16H2,(H,25,31)(H,26,29). The summed E-state index contributed by atoms with van der Waals surface area (Å²) < 4.78 is 0. The second kappa shape index (κ2) is 8.26. The molecular formula is C24H32N4O3. The van der Waals surface area contributed by atoms with E-state index in [0.29, 0.717) is 31.5 Å². The Morgan fingerprint density at radius 3 is 2.65 bits per heavy atom. The molecular weight excluding hydrogens is 392 g/mol. The maximum Gasteiger partial charge on any atom is 0.344 e. The smallest absolute Gasteiger partial charge is 0.322 e. The number of nitrogens with zero attached hydrogens (tertiary/aromatic N) is 2. The topological polar surface area (TPSA) is 81.8 Å². The molecule has 2 saturated carbocycles. The van der Waals surface area contributed by atoms with Crippen LogP contribution >= 0.6 is 0 Å². The van der Waals surface area contributed by atoms with Gasteiger partial charge in [0, 0.05) is 25.0 Å². The lowest BCUT2D eigenvalue weighted by Crippen LogP contribution is -2.51. The van der Waals surface area contributed by atoms with Gasteiger partial charge in [0.1, 0.15) is 5.54 Å². The molecule has 1 aliphatic heterocycles. The second-order valence-corrected chi connectivity index (χ2v) is 9.57. The summed E-state index contributed by atoms with van der Waals surface area (Å²) in [5, 5.41) is 3.76. The summed E-state index contributed by atoms with van der Waals surface area (Å²) in [6.07, 6.45) is 10.3. The van der Waals surface area contributed by atoms with E-state index in [1.54, 1.807) is 0 Å². The van der Waals surface area contributed by atoms with E-state index >= 15 is 0 Å². The number of hydrazine groups is 1. The van der Waals surface area contributed by atoms with Gasteiger partial charge in [-0.1, -0.05) is 43.5 Å². The number of urea groups is 1. The van der Waals surface area contributed by atoms with Gasteiger partial charge in [-0.2, -0.15) is 5.01 Å². The Morgan fingerprint density at radius 2 is 1.87 bits per heavy atom. The zero-order valence-electron chi connectivity index (χ0n) is 18.1. The number of fused-ring (bicyclic) bond motifs is 1. The molecule has 1 unspecified atom stereocenters. The number of benzene rings is 1. The molecule has 1 aromatic carbocycles. The summed E-state index contributed by atoms with van der Waals surface area (Å²) in [6, 6.07) is 9.05. The molecule has 2 N–H and O–H groups in total. The van der Waals surface area contributed by atoms with Gasteiger partial charge in [-0.15, -0.1) is 0 Å². The maximum atomic E-state index is 12.9. The van der Waals surface area contributed by atoms with Gasteiger partial charge in [0.2, 0.25) is 5.91 Å². The number of hydrogen-bond donors (Lipinski definition) is 2. The van der Waals surface area contributed by atoms with Gasteiger partial charge in [-0.3, -0.25) is 19.9 Å². The lowest BCUT2D eigenvalue weighted by Gasteiger charge is -2.36. The summed E-state index contributed by atoms with van der Waals surface area (Å²) in [5.74, 6) is -0.572. The van der Waals surface area contributed by atoms with Crippen LogP contribution in [0.1, 0.15) is 81.4 Å². The number of carbonyl (C=O) groups is 3. The van der Waals surface area contributed by atoms with Gasteiger partial charge in [0.25, 0.3) is 5.91 Å². The van der Waals surface area contributed by atoms with Crippen LogP contribution in [0, 0.1) is 0 Å². The highest BCUT2D eigenvalue weighted by molar-refractivity contribution is 6.08.